The molecule has 3 atom stereocenters. The highest BCUT2D eigenvalue weighted by Gasteiger charge is 2.50. The first-order valence-electron chi connectivity index (χ1n) is 6.56. The Kier molecular flexibility index (Phi) is 3.33. The number of hydrogen-bond acceptors (Lipinski definition) is 2. The van der Waals surface area contributed by atoms with E-state index in [4.69, 9.17) is 17.3 Å². The molecule has 0 heterocycles. The molecule has 4 heteroatoms. The van der Waals surface area contributed by atoms with Crippen LogP contribution in [0.25, 0.3) is 0 Å². The van der Waals surface area contributed by atoms with Crippen molar-refractivity contribution in [3.63, 3.8) is 0 Å². The van der Waals surface area contributed by atoms with E-state index in [0.29, 0.717) is 6.54 Å². The van der Waals surface area contributed by atoms with Crippen molar-refractivity contribution in [2.75, 3.05) is 11.9 Å². The van der Waals surface area contributed by atoms with Crippen LogP contribution in [-0.4, -0.2) is 12.1 Å². The van der Waals surface area contributed by atoms with E-state index in [-0.39, 0.29) is 5.54 Å². The number of fused-ring (bicyclic) bond motifs is 2. The van der Waals surface area contributed by atoms with Crippen LogP contribution in [0.2, 0.25) is 5.02 Å². The van der Waals surface area contributed by atoms with Gasteiger partial charge >= 0.3 is 0 Å². The molecule has 1 aromatic rings. The van der Waals surface area contributed by atoms with Gasteiger partial charge in [0.05, 0.1) is 10.6 Å². The molecule has 2 bridgehead atoms. The Morgan fingerprint density at radius 3 is 2.83 bits per heavy atom. The molecular weight excluding hydrogens is 312 g/mol. The smallest absolute Gasteiger partial charge is 0.0568 e. The summed E-state index contributed by atoms with van der Waals surface area (Å²) in [6.45, 7) is 0.710. The summed E-state index contributed by atoms with van der Waals surface area (Å²) in [7, 11) is 0. The van der Waals surface area contributed by atoms with Gasteiger partial charge in [0.2, 0.25) is 0 Å². The lowest BCUT2D eigenvalue weighted by Gasteiger charge is -2.38. The molecule has 2 aliphatic carbocycles. The Morgan fingerprint density at radius 2 is 2.28 bits per heavy atom. The van der Waals surface area contributed by atoms with Crippen molar-refractivity contribution in [2.24, 2.45) is 17.6 Å². The molecule has 0 amide bonds. The molecule has 3 unspecified atom stereocenters. The Balaban J connectivity index is 1.84. The van der Waals surface area contributed by atoms with E-state index in [9.17, 15) is 0 Å². The largest absolute Gasteiger partial charge is 0.378 e. The first kappa shape index (κ1) is 12.8. The van der Waals surface area contributed by atoms with Crippen LogP contribution in [0.3, 0.4) is 0 Å². The molecule has 1 aromatic carbocycles. The van der Waals surface area contributed by atoms with E-state index >= 15 is 0 Å². The van der Waals surface area contributed by atoms with Crippen molar-refractivity contribution in [1.29, 1.82) is 0 Å². The molecular formula is C14H18BrClN2. The highest BCUT2D eigenvalue weighted by Crippen LogP contribution is 2.51. The second-order valence-corrected chi connectivity index (χ2v) is 6.96. The fraction of sp³-hybridized carbons (Fsp3) is 0.571. The summed E-state index contributed by atoms with van der Waals surface area (Å²) in [5.41, 5.74) is 7.25. The predicted octanol–water partition coefficient (Wildman–Crippen LogP) is 4.03. The van der Waals surface area contributed by atoms with Gasteiger partial charge in [0.15, 0.2) is 0 Å². The third-order valence-electron chi connectivity index (χ3n) is 4.65. The molecule has 2 fully saturated rings. The molecule has 3 N–H and O–H groups in total. The summed E-state index contributed by atoms with van der Waals surface area (Å²) in [4.78, 5) is 0. The van der Waals surface area contributed by atoms with Crippen molar-refractivity contribution in [1.82, 2.24) is 0 Å². The van der Waals surface area contributed by atoms with Gasteiger partial charge in [-0.1, -0.05) is 11.6 Å². The molecule has 3 rings (SSSR count). The fourth-order valence-corrected chi connectivity index (χ4v) is 4.19. The van der Waals surface area contributed by atoms with E-state index in [2.05, 4.69) is 27.3 Å². The third-order valence-corrected chi connectivity index (χ3v) is 5.89. The quantitative estimate of drug-likeness (QED) is 0.878. The highest BCUT2D eigenvalue weighted by atomic mass is 79.9. The summed E-state index contributed by atoms with van der Waals surface area (Å²) < 4.78 is 0.935. The number of nitrogens with two attached hydrogens (primary N) is 1. The highest BCUT2D eigenvalue weighted by molar-refractivity contribution is 9.10. The number of halogens is 2. The van der Waals surface area contributed by atoms with Crippen molar-refractivity contribution < 1.29 is 0 Å². The van der Waals surface area contributed by atoms with Gasteiger partial charge in [-0.2, -0.15) is 0 Å². The molecule has 0 saturated heterocycles. The van der Waals surface area contributed by atoms with Gasteiger partial charge < -0.3 is 11.1 Å². The summed E-state index contributed by atoms with van der Waals surface area (Å²) in [5, 5.41) is 4.42. The molecule has 0 radical (unpaired) electrons. The minimum atomic E-state index is 0.0973. The summed E-state index contributed by atoms with van der Waals surface area (Å²) >= 11 is 9.57. The number of anilines is 1. The summed E-state index contributed by atoms with van der Waals surface area (Å²) in [6.07, 6.45) is 5.25. The van der Waals surface area contributed by atoms with E-state index in [1.165, 1.54) is 25.7 Å². The first-order valence-corrected chi connectivity index (χ1v) is 7.73. The third kappa shape index (κ3) is 2.06. The second-order valence-electron chi connectivity index (χ2n) is 5.69. The number of benzene rings is 1. The van der Waals surface area contributed by atoms with E-state index in [0.717, 1.165) is 27.0 Å². The lowest BCUT2D eigenvalue weighted by Crippen LogP contribution is -2.49. The van der Waals surface area contributed by atoms with Crippen molar-refractivity contribution in [3.8, 4) is 0 Å². The normalized spacial score (nSPS) is 33.9. The van der Waals surface area contributed by atoms with Crippen LogP contribution >= 0.6 is 27.5 Å². The number of nitrogens with one attached hydrogen (secondary N) is 1. The van der Waals surface area contributed by atoms with Crippen LogP contribution in [0.4, 0.5) is 5.69 Å². The number of hydrogen-bond donors (Lipinski definition) is 2. The maximum atomic E-state index is 6.15. The minimum Gasteiger partial charge on any atom is -0.378 e. The van der Waals surface area contributed by atoms with E-state index in [1.54, 1.807) is 0 Å². The van der Waals surface area contributed by atoms with Gasteiger partial charge in [-0.05, 0) is 71.6 Å². The Morgan fingerprint density at radius 1 is 1.44 bits per heavy atom. The minimum absolute atomic E-state index is 0.0973. The monoisotopic (exact) mass is 328 g/mol. The molecule has 0 spiro atoms. The Labute approximate surface area is 121 Å². The fourth-order valence-electron chi connectivity index (χ4n) is 3.76. The maximum Gasteiger partial charge on any atom is 0.0568 e. The Bertz CT molecular complexity index is 465. The molecule has 2 nitrogen and oxygen atoms in total. The standard InChI is InChI=1S/C14H18BrClN2/c15-12-4-3-11(6-13(12)16)18-14(8-17)7-9-1-2-10(14)5-9/h3-4,6,9-10,18H,1-2,5,7-8,17H2. The van der Waals surface area contributed by atoms with Gasteiger partial charge in [0.1, 0.15) is 0 Å². The van der Waals surface area contributed by atoms with Gasteiger partial charge in [0, 0.05) is 16.7 Å². The van der Waals surface area contributed by atoms with Crippen LogP contribution < -0.4 is 11.1 Å². The number of rotatable bonds is 3. The maximum absolute atomic E-state index is 6.15. The predicted molar refractivity (Wildman–Crippen MR) is 80.0 cm³/mol. The van der Waals surface area contributed by atoms with Crippen LogP contribution in [0.5, 0.6) is 0 Å². The first-order chi connectivity index (χ1) is 8.63. The lowest BCUT2D eigenvalue weighted by atomic mass is 9.80. The zero-order valence-electron chi connectivity index (χ0n) is 10.3. The van der Waals surface area contributed by atoms with Crippen LogP contribution in [0, 0.1) is 11.8 Å². The molecule has 2 saturated carbocycles. The molecule has 0 aliphatic heterocycles. The zero-order chi connectivity index (χ0) is 12.8. The molecule has 98 valence electrons. The topological polar surface area (TPSA) is 38.0 Å². The SMILES string of the molecule is NCC1(Nc2ccc(Br)c(Cl)c2)CC2CCC1C2. The molecule has 18 heavy (non-hydrogen) atoms. The van der Waals surface area contributed by atoms with Gasteiger partial charge in [0.25, 0.3) is 0 Å². The zero-order valence-corrected chi connectivity index (χ0v) is 12.6. The lowest BCUT2D eigenvalue weighted by molar-refractivity contribution is 0.306. The second kappa shape index (κ2) is 4.69. The van der Waals surface area contributed by atoms with E-state index in [1.807, 2.05) is 12.1 Å². The van der Waals surface area contributed by atoms with Crippen LogP contribution in [0.15, 0.2) is 22.7 Å². The Hall–Kier alpha value is -0.250. The van der Waals surface area contributed by atoms with Crippen LogP contribution in [-0.2, 0) is 0 Å². The summed E-state index contributed by atoms with van der Waals surface area (Å²) in [6, 6.07) is 6.04. The van der Waals surface area contributed by atoms with E-state index < -0.39 is 0 Å². The van der Waals surface area contributed by atoms with Gasteiger partial charge in [-0.15, -0.1) is 0 Å². The van der Waals surface area contributed by atoms with Crippen molar-refractivity contribution in [3.05, 3.63) is 27.7 Å². The molecule has 0 aromatic heterocycles. The van der Waals surface area contributed by atoms with Gasteiger partial charge in [-0.25, -0.2) is 0 Å². The van der Waals surface area contributed by atoms with Crippen molar-refractivity contribution >= 4 is 33.2 Å². The summed E-state index contributed by atoms with van der Waals surface area (Å²) in [5.74, 6) is 1.60. The average Bonchev–Trinajstić information content (AvgIpc) is 2.94. The van der Waals surface area contributed by atoms with Crippen molar-refractivity contribution in [2.45, 2.75) is 31.2 Å². The van der Waals surface area contributed by atoms with Crippen LogP contribution in [0.1, 0.15) is 25.7 Å². The molecule has 2 aliphatic rings. The average molecular weight is 330 g/mol. The van der Waals surface area contributed by atoms with Gasteiger partial charge in [-0.3, -0.25) is 0 Å².